The van der Waals surface area contributed by atoms with Crippen LogP contribution in [0.15, 0.2) is 18.2 Å². The van der Waals surface area contributed by atoms with Gasteiger partial charge in [0.15, 0.2) is 0 Å². The van der Waals surface area contributed by atoms with Crippen LogP contribution in [-0.4, -0.2) is 24.2 Å². The van der Waals surface area contributed by atoms with Crippen LogP contribution in [0, 0.1) is 17.3 Å². The van der Waals surface area contributed by atoms with E-state index in [9.17, 15) is 4.79 Å². The number of Topliss-reactive ketones (excluding diaryl/α,β-unsaturated/α-hetero) is 1. The summed E-state index contributed by atoms with van der Waals surface area (Å²) in [4.78, 5) is 12.7. The molecule has 0 bridgehead atoms. The number of fused-ring (bicyclic) bond motifs is 5. The fourth-order valence-electron chi connectivity index (χ4n) is 8.04. The Bertz CT molecular complexity index is 776. The summed E-state index contributed by atoms with van der Waals surface area (Å²) in [7, 11) is 0. The summed E-state index contributed by atoms with van der Waals surface area (Å²) >= 11 is -2.35. The second-order valence-electron chi connectivity index (χ2n) is 11.8. The van der Waals surface area contributed by atoms with E-state index >= 15 is 0 Å². The van der Waals surface area contributed by atoms with E-state index in [2.05, 4.69) is 45.9 Å². The molecule has 178 valence electrons. The van der Waals surface area contributed by atoms with Crippen molar-refractivity contribution >= 4 is 27.7 Å². The average molecular weight is 543 g/mol. The summed E-state index contributed by atoms with van der Waals surface area (Å²) < 4.78 is 6.57. The summed E-state index contributed by atoms with van der Waals surface area (Å²) in [5, 5.41) is 0. The zero-order valence-corrected chi connectivity index (χ0v) is 24.3. The van der Waals surface area contributed by atoms with Crippen LogP contribution in [-0.2, 0) is 11.2 Å². The Morgan fingerprint density at radius 2 is 1.56 bits per heavy atom. The Morgan fingerprint density at radius 3 is 2.19 bits per heavy atom. The van der Waals surface area contributed by atoms with Gasteiger partial charge in [-0.25, -0.2) is 0 Å². The van der Waals surface area contributed by atoms with Crippen molar-refractivity contribution in [2.75, 3.05) is 0 Å². The zero-order valence-electron chi connectivity index (χ0n) is 21.5. The van der Waals surface area contributed by atoms with Gasteiger partial charge in [0.25, 0.3) is 0 Å². The quantitative estimate of drug-likeness (QED) is 0.272. The van der Waals surface area contributed by atoms with Crippen LogP contribution < -0.4 is 3.58 Å². The minimum atomic E-state index is -2.35. The number of aryl methyl sites for hydroxylation is 1. The van der Waals surface area contributed by atoms with E-state index in [-0.39, 0.29) is 5.41 Å². The Kier molecular flexibility index (Phi) is 8.16. The predicted molar refractivity (Wildman–Crippen MR) is 141 cm³/mol. The molecule has 1 aromatic carbocycles. The molecule has 3 unspecified atom stereocenters. The van der Waals surface area contributed by atoms with Crippen LogP contribution in [0.1, 0.15) is 115 Å². The molecule has 0 heterocycles. The van der Waals surface area contributed by atoms with Crippen molar-refractivity contribution < 1.29 is 4.79 Å². The minimum absolute atomic E-state index is 0.00464. The second-order valence-corrected chi connectivity index (χ2v) is 25.1. The van der Waals surface area contributed by atoms with Crippen molar-refractivity contribution in [2.45, 2.75) is 124 Å². The number of unbranched alkanes of at least 4 members (excludes halogenated alkanes) is 3. The molecule has 1 nitrogen and oxygen atoms in total. The van der Waals surface area contributed by atoms with Crippen LogP contribution in [0.5, 0.6) is 0 Å². The molecule has 3 aliphatic carbocycles. The molecule has 4 rings (SSSR count). The molecule has 0 N–H and O–H groups in total. The normalized spacial score (nSPS) is 29.5. The van der Waals surface area contributed by atoms with Gasteiger partial charge in [-0.05, 0) is 0 Å². The fourth-order valence-corrected chi connectivity index (χ4v) is 24.1. The molecular formula is C30H48OSn. The summed E-state index contributed by atoms with van der Waals surface area (Å²) in [5.41, 5.74) is 3.40. The predicted octanol–water partition coefficient (Wildman–Crippen LogP) is 8.17. The van der Waals surface area contributed by atoms with Crippen LogP contribution in [0.25, 0.3) is 0 Å². The average Bonchev–Trinajstić information content (AvgIpc) is 3.12. The Balaban J connectivity index is 1.63. The number of benzene rings is 1. The molecule has 0 aliphatic heterocycles. The summed E-state index contributed by atoms with van der Waals surface area (Å²) in [6.07, 6.45) is 15.4. The molecule has 0 amide bonds. The van der Waals surface area contributed by atoms with E-state index in [1.165, 1.54) is 57.8 Å². The van der Waals surface area contributed by atoms with Crippen molar-refractivity contribution in [3.8, 4) is 0 Å². The first kappa shape index (κ1) is 24.8. The first-order chi connectivity index (χ1) is 15.5. The van der Waals surface area contributed by atoms with Gasteiger partial charge < -0.3 is 0 Å². The topological polar surface area (TPSA) is 17.1 Å². The first-order valence-electron chi connectivity index (χ1n) is 14.2. The standard InChI is InChI=1S/C18H21O.3C4H9.Sn/c1-18-11-10-14-13-5-3-2-4-12(13)6-7-15(14)16(18)8-9-17(18)19;3*1-3-4-2;/h3-5,14-16H,6-11H2,1H3;3*1,3-4H2,2H3;/t14?,15?,16?,18-;;;;/m0..../s1. The zero-order chi connectivity index (χ0) is 22.8. The molecule has 0 radical (unpaired) electrons. The van der Waals surface area contributed by atoms with Gasteiger partial charge in [-0.3, -0.25) is 0 Å². The van der Waals surface area contributed by atoms with Crippen molar-refractivity contribution in [2.24, 2.45) is 17.3 Å². The Labute approximate surface area is 202 Å². The van der Waals surface area contributed by atoms with Gasteiger partial charge in [0.05, 0.1) is 0 Å². The van der Waals surface area contributed by atoms with Gasteiger partial charge in [-0.2, -0.15) is 0 Å². The molecule has 32 heavy (non-hydrogen) atoms. The number of hydrogen-bond donors (Lipinski definition) is 0. The van der Waals surface area contributed by atoms with Gasteiger partial charge >= 0.3 is 203 Å². The van der Waals surface area contributed by atoms with E-state index in [4.69, 9.17) is 0 Å². The van der Waals surface area contributed by atoms with Crippen molar-refractivity contribution in [1.82, 2.24) is 0 Å². The molecule has 3 aliphatic rings. The van der Waals surface area contributed by atoms with Gasteiger partial charge in [-0.15, -0.1) is 0 Å². The van der Waals surface area contributed by atoms with Crippen LogP contribution >= 0.6 is 0 Å². The summed E-state index contributed by atoms with van der Waals surface area (Å²) in [6, 6.07) is 8.01. The first-order valence-corrected chi connectivity index (χ1v) is 21.6. The number of rotatable bonds is 10. The van der Waals surface area contributed by atoms with Gasteiger partial charge in [-0.1, -0.05) is 0 Å². The van der Waals surface area contributed by atoms with Gasteiger partial charge in [0.2, 0.25) is 0 Å². The molecular weight excluding hydrogens is 495 g/mol. The van der Waals surface area contributed by atoms with E-state index in [0.29, 0.717) is 11.7 Å². The van der Waals surface area contributed by atoms with Crippen LogP contribution in [0.3, 0.4) is 0 Å². The summed E-state index contributed by atoms with van der Waals surface area (Å²) in [6.45, 7) is 9.45. The summed E-state index contributed by atoms with van der Waals surface area (Å²) in [5.74, 6) is 2.71. The third kappa shape index (κ3) is 4.50. The Morgan fingerprint density at radius 1 is 0.906 bits per heavy atom. The third-order valence-corrected chi connectivity index (χ3v) is 25.7. The number of carbonyl (C=O) groups is 1. The number of hydrogen-bond acceptors (Lipinski definition) is 1. The molecule has 0 spiro atoms. The van der Waals surface area contributed by atoms with E-state index in [1.807, 2.05) is 3.58 Å². The molecule has 0 aromatic heterocycles. The maximum atomic E-state index is 12.7. The SMILES string of the molecule is CCC[CH2][Sn]([CH2]CCC)([CH2]CCC)[c]1ccc2c(c1)CCC1C2CC[C@]2(C)C(=O)CCC12. The fraction of sp³-hybridized carbons (Fsp3) is 0.767. The van der Waals surface area contributed by atoms with Crippen molar-refractivity contribution in [3.05, 3.63) is 29.3 Å². The Hall–Kier alpha value is -0.311. The van der Waals surface area contributed by atoms with Gasteiger partial charge in [0, 0.05) is 0 Å². The molecule has 2 heteroatoms. The molecule has 0 saturated heterocycles. The van der Waals surface area contributed by atoms with Crippen molar-refractivity contribution in [3.63, 3.8) is 0 Å². The van der Waals surface area contributed by atoms with Crippen LogP contribution in [0.4, 0.5) is 0 Å². The van der Waals surface area contributed by atoms with E-state index in [1.54, 1.807) is 24.4 Å². The molecule has 4 atom stereocenters. The number of ketones is 1. The maximum absolute atomic E-state index is 12.7. The third-order valence-electron chi connectivity index (χ3n) is 10.1. The number of carbonyl (C=O) groups excluding carboxylic acids is 1. The molecule has 2 saturated carbocycles. The van der Waals surface area contributed by atoms with Gasteiger partial charge in [0.1, 0.15) is 0 Å². The van der Waals surface area contributed by atoms with Crippen LogP contribution in [0.2, 0.25) is 13.3 Å². The second kappa shape index (κ2) is 10.5. The van der Waals surface area contributed by atoms with E-state index in [0.717, 1.165) is 31.1 Å². The molecule has 2 fully saturated rings. The molecule has 1 aromatic rings. The monoisotopic (exact) mass is 544 g/mol. The van der Waals surface area contributed by atoms with E-state index < -0.39 is 18.4 Å². The van der Waals surface area contributed by atoms with Crippen molar-refractivity contribution in [1.29, 1.82) is 0 Å².